The van der Waals surface area contributed by atoms with Crippen molar-refractivity contribution in [2.75, 3.05) is 42.7 Å². The Morgan fingerprint density at radius 1 is 1.05 bits per heavy atom. The molecule has 4 heteroatoms. The summed E-state index contributed by atoms with van der Waals surface area (Å²) in [5.41, 5.74) is 2.13. The van der Waals surface area contributed by atoms with Gasteiger partial charge >= 0.3 is 0 Å². The number of anilines is 1. The molecule has 0 atom stereocenters. The molecule has 0 aliphatic carbocycles. The van der Waals surface area contributed by atoms with Crippen LogP contribution in [0.3, 0.4) is 0 Å². The van der Waals surface area contributed by atoms with Crippen LogP contribution in [-0.4, -0.2) is 48.5 Å². The Morgan fingerprint density at radius 2 is 1.81 bits per heavy atom. The first kappa shape index (κ1) is 14.9. The lowest BCUT2D eigenvalue weighted by molar-refractivity contribution is 0.0970. The van der Waals surface area contributed by atoms with Crippen LogP contribution in [0.2, 0.25) is 0 Å². The Bertz CT molecular complexity index is 462. The third-order valence-corrected chi connectivity index (χ3v) is 5.41. The highest BCUT2D eigenvalue weighted by molar-refractivity contribution is 7.99. The van der Waals surface area contributed by atoms with Crippen LogP contribution in [0.1, 0.15) is 36.0 Å². The molecule has 21 heavy (non-hydrogen) atoms. The van der Waals surface area contributed by atoms with Gasteiger partial charge < -0.3 is 4.90 Å². The predicted molar refractivity (Wildman–Crippen MR) is 90.4 cm³/mol. The first-order valence-electron chi connectivity index (χ1n) is 8.01. The Balaban J connectivity index is 1.54. The maximum atomic E-state index is 12.2. The lowest BCUT2D eigenvalue weighted by Crippen LogP contribution is -2.29. The zero-order valence-electron chi connectivity index (χ0n) is 12.6. The van der Waals surface area contributed by atoms with Crippen LogP contribution in [0.4, 0.5) is 5.69 Å². The second-order valence-electron chi connectivity index (χ2n) is 5.92. The fourth-order valence-electron chi connectivity index (χ4n) is 3.04. The fourth-order valence-corrected chi connectivity index (χ4v) is 4.08. The number of piperidine rings is 1. The zero-order valence-corrected chi connectivity index (χ0v) is 13.4. The van der Waals surface area contributed by atoms with Crippen molar-refractivity contribution in [2.45, 2.75) is 25.7 Å². The Kier molecular flexibility index (Phi) is 5.20. The monoisotopic (exact) mass is 304 g/mol. The first-order valence-corrected chi connectivity index (χ1v) is 9.17. The number of carbonyl (C=O) groups is 1. The number of rotatable bonds is 5. The van der Waals surface area contributed by atoms with Crippen molar-refractivity contribution in [1.82, 2.24) is 4.90 Å². The van der Waals surface area contributed by atoms with Crippen molar-refractivity contribution in [3.63, 3.8) is 0 Å². The molecular weight excluding hydrogens is 280 g/mol. The van der Waals surface area contributed by atoms with Gasteiger partial charge in [0, 0.05) is 55.5 Å². The Morgan fingerprint density at radius 3 is 2.48 bits per heavy atom. The molecule has 2 fully saturated rings. The van der Waals surface area contributed by atoms with Crippen LogP contribution in [-0.2, 0) is 0 Å². The normalized spacial score (nSPS) is 19.9. The molecule has 2 aliphatic rings. The minimum atomic E-state index is 0.275. The molecule has 3 nitrogen and oxygen atoms in total. The minimum Gasteiger partial charge on any atom is -0.372 e. The van der Waals surface area contributed by atoms with Gasteiger partial charge in [-0.3, -0.25) is 9.69 Å². The Hall–Kier alpha value is -1.00. The summed E-state index contributed by atoms with van der Waals surface area (Å²) in [5.74, 6) is 2.57. The van der Waals surface area contributed by atoms with E-state index in [1.54, 1.807) is 0 Å². The molecule has 0 bridgehead atoms. The van der Waals surface area contributed by atoms with Gasteiger partial charge in [0.25, 0.3) is 0 Å². The number of ketones is 1. The van der Waals surface area contributed by atoms with Crippen molar-refractivity contribution in [1.29, 1.82) is 0 Å². The highest BCUT2D eigenvalue weighted by Gasteiger charge is 2.15. The average molecular weight is 304 g/mol. The molecule has 0 aromatic heterocycles. The standard InChI is InChI=1S/C17H24N2OS/c20-17(8-11-18-12-13-21-14-18)15-4-6-16(7-5-15)19-9-2-1-3-10-19/h4-7H,1-3,8-14H2. The largest absolute Gasteiger partial charge is 0.372 e. The quantitative estimate of drug-likeness (QED) is 0.779. The lowest BCUT2D eigenvalue weighted by atomic mass is 10.1. The third-order valence-electron chi connectivity index (χ3n) is 4.39. The van der Waals surface area contributed by atoms with Crippen LogP contribution >= 0.6 is 11.8 Å². The number of hydrogen-bond acceptors (Lipinski definition) is 4. The van der Waals surface area contributed by atoms with Crippen LogP contribution in [0.15, 0.2) is 24.3 Å². The maximum Gasteiger partial charge on any atom is 0.164 e. The van der Waals surface area contributed by atoms with E-state index in [1.807, 2.05) is 23.9 Å². The number of nitrogens with zero attached hydrogens (tertiary/aromatic N) is 2. The zero-order chi connectivity index (χ0) is 14.5. The van der Waals surface area contributed by atoms with Gasteiger partial charge in [-0.1, -0.05) is 0 Å². The van der Waals surface area contributed by atoms with E-state index in [0.717, 1.165) is 37.6 Å². The summed E-state index contributed by atoms with van der Waals surface area (Å²) in [7, 11) is 0. The van der Waals surface area contributed by atoms with Crippen molar-refractivity contribution in [3.8, 4) is 0 Å². The van der Waals surface area contributed by atoms with E-state index in [-0.39, 0.29) is 5.78 Å². The van der Waals surface area contributed by atoms with Crippen molar-refractivity contribution >= 4 is 23.2 Å². The summed E-state index contributed by atoms with van der Waals surface area (Å²) < 4.78 is 0. The highest BCUT2D eigenvalue weighted by Crippen LogP contribution is 2.21. The molecule has 2 aliphatic heterocycles. The predicted octanol–water partition coefficient (Wildman–Crippen LogP) is 3.26. The van der Waals surface area contributed by atoms with Gasteiger partial charge in [-0.25, -0.2) is 0 Å². The molecule has 2 saturated heterocycles. The first-order chi connectivity index (χ1) is 10.3. The van der Waals surface area contributed by atoms with Crippen LogP contribution in [0.25, 0.3) is 0 Å². The number of thioether (sulfide) groups is 1. The second-order valence-corrected chi connectivity index (χ2v) is 7.00. The summed E-state index contributed by atoms with van der Waals surface area (Å²) in [6, 6.07) is 8.24. The molecular formula is C17H24N2OS. The molecule has 1 aromatic rings. The van der Waals surface area contributed by atoms with E-state index in [1.165, 1.54) is 30.7 Å². The number of Topliss-reactive ketones (excluding diaryl/α,β-unsaturated/α-hetero) is 1. The van der Waals surface area contributed by atoms with E-state index in [2.05, 4.69) is 21.9 Å². The third kappa shape index (κ3) is 4.01. The molecule has 0 radical (unpaired) electrons. The summed E-state index contributed by atoms with van der Waals surface area (Å²) in [5, 5.41) is 0. The molecule has 3 rings (SSSR count). The molecule has 2 heterocycles. The molecule has 0 spiro atoms. The summed E-state index contributed by atoms with van der Waals surface area (Å²) in [4.78, 5) is 17.0. The summed E-state index contributed by atoms with van der Waals surface area (Å²) in [6.07, 6.45) is 4.56. The molecule has 0 saturated carbocycles. The minimum absolute atomic E-state index is 0.275. The highest BCUT2D eigenvalue weighted by atomic mass is 32.2. The van der Waals surface area contributed by atoms with Gasteiger partial charge in [0.15, 0.2) is 5.78 Å². The summed E-state index contributed by atoms with van der Waals surface area (Å²) >= 11 is 1.96. The molecule has 0 amide bonds. The second kappa shape index (κ2) is 7.32. The van der Waals surface area contributed by atoms with E-state index in [9.17, 15) is 4.79 Å². The van der Waals surface area contributed by atoms with Crippen molar-refractivity contribution < 1.29 is 4.79 Å². The van der Waals surface area contributed by atoms with Gasteiger partial charge in [-0.15, -0.1) is 11.8 Å². The maximum absolute atomic E-state index is 12.2. The van der Waals surface area contributed by atoms with Gasteiger partial charge in [-0.05, 0) is 43.5 Å². The fraction of sp³-hybridized carbons (Fsp3) is 0.588. The van der Waals surface area contributed by atoms with Crippen LogP contribution in [0, 0.1) is 0 Å². The van der Waals surface area contributed by atoms with Gasteiger partial charge in [-0.2, -0.15) is 0 Å². The number of carbonyl (C=O) groups excluding carboxylic acids is 1. The topological polar surface area (TPSA) is 23.6 Å². The van der Waals surface area contributed by atoms with Crippen molar-refractivity contribution in [3.05, 3.63) is 29.8 Å². The van der Waals surface area contributed by atoms with E-state index >= 15 is 0 Å². The number of hydrogen-bond donors (Lipinski definition) is 0. The Labute approximate surface area is 131 Å². The van der Waals surface area contributed by atoms with Crippen molar-refractivity contribution in [2.24, 2.45) is 0 Å². The van der Waals surface area contributed by atoms with Gasteiger partial charge in [0.1, 0.15) is 0 Å². The van der Waals surface area contributed by atoms with E-state index < -0.39 is 0 Å². The average Bonchev–Trinajstić information content (AvgIpc) is 3.07. The number of benzene rings is 1. The van der Waals surface area contributed by atoms with E-state index in [4.69, 9.17) is 0 Å². The van der Waals surface area contributed by atoms with Gasteiger partial charge in [0.05, 0.1) is 0 Å². The molecule has 0 N–H and O–H groups in total. The molecule has 114 valence electrons. The van der Waals surface area contributed by atoms with E-state index in [0.29, 0.717) is 6.42 Å². The molecule has 1 aromatic carbocycles. The van der Waals surface area contributed by atoms with Gasteiger partial charge in [0.2, 0.25) is 0 Å². The summed E-state index contributed by atoms with van der Waals surface area (Å²) in [6.45, 7) is 4.34. The smallest absolute Gasteiger partial charge is 0.164 e. The van der Waals surface area contributed by atoms with Crippen LogP contribution in [0.5, 0.6) is 0 Å². The molecule has 0 unspecified atom stereocenters. The lowest BCUT2D eigenvalue weighted by Gasteiger charge is -2.28. The SMILES string of the molecule is O=C(CCN1CCSC1)c1ccc(N2CCCCC2)cc1. The van der Waals surface area contributed by atoms with Crippen LogP contribution < -0.4 is 4.90 Å².